The molecule has 2 unspecified atom stereocenters. The van der Waals surface area contributed by atoms with Crippen LogP contribution in [0.15, 0.2) is 0 Å². The van der Waals surface area contributed by atoms with Crippen LogP contribution >= 0.6 is 11.8 Å². The average Bonchev–Trinajstić information content (AvgIpc) is 3.05. The molecule has 1 aliphatic rings. The van der Waals surface area contributed by atoms with E-state index in [1.807, 2.05) is 0 Å². The molecule has 274 valence electrons. The second kappa shape index (κ2) is 28.4. The first-order valence-electron chi connectivity index (χ1n) is 19.3. The fourth-order valence-corrected chi connectivity index (χ4v) is 7.72. The fourth-order valence-electron chi connectivity index (χ4n) is 6.65. The summed E-state index contributed by atoms with van der Waals surface area (Å²) in [6, 6.07) is 0. The number of aliphatic hydroxyl groups excluding tert-OH is 4. The molecule has 9 heteroatoms. The van der Waals surface area contributed by atoms with Gasteiger partial charge in [-0.1, -0.05) is 136 Å². The van der Waals surface area contributed by atoms with Crippen LogP contribution in [0.3, 0.4) is 0 Å². The molecule has 0 bridgehead atoms. The average molecular weight is 677 g/mol. The van der Waals surface area contributed by atoms with E-state index in [0.29, 0.717) is 18.8 Å². The van der Waals surface area contributed by atoms with Crippen molar-refractivity contribution in [1.29, 1.82) is 0 Å². The molecule has 6 atom stereocenters. The van der Waals surface area contributed by atoms with Crippen LogP contribution in [0.5, 0.6) is 0 Å². The van der Waals surface area contributed by atoms with E-state index in [1.165, 1.54) is 116 Å². The summed E-state index contributed by atoms with van der Waals surface area (Å²) in [5, 5.41) is 42.0. The van der Waals surface area contributed by atoms with Crippen molar-refractivity contribution >= 4 is 17.9 Å². The number of carbonyl (C=O) groups excluding carboxylic acids is 1. The van der Waals surface area contributed by atoms with Gasteiger partial charge in [0.2, 0.25) is 6.23 Å². The predicted octanol–water partition coefficient (Wildman–Crippen LogP) is 8.11. The molecule has 1 aliphatic heterocycles. The predicted molar refractivity (Wildman–Crippen MR) is 191 cm³/mol. The van der Waals surface area contributed by atoms with Crippen molar-refractivity contribution in [3.63, 3.8) is 0 Å². The Morgan fingerprint density at radius 3 is 1.52 bits per heavy atom. The third-order valence-corrected chi connectivity index (χ3v) is 10.7. The second-order valence-corrected chi connectivity index (χ2v) is 14.8. The summed E-state index contributed by atoms with van der Waals surface area (Å²) in [4.78, 5) is 13.7. The molecule has 46 heavy (non-hydrogen) atoms. The molecule has 0 spiro atoms. The molecular formula is C37H74NO7S+. The number of rotatable bonds is 30. The first-order chi connectivity index (χ1) is 22.4. The summed E-state index contributed by atoms with van der Waals surface area (Å²) >= 11 is 1.80. The Bertz CT molecular complexity index is 715. The van der Waals surface area contributed by atoms with Crippen molar-refractivity contribution in [3.05, 3.63) is 0 Å². The van der Waals surface area contributed by atoms with E-state index in [0.717, 1.165) is 31.4 Å². The largest absolute Gasteiger partial charge is 0.518 e. The molecule has 0 aromatic heterocycles. The van der Waals surface area contributed by atoms with Gasteiger partial charge in [0.25, 0.3) is 0 Å². The number of nitrogens with zero attached hydrogens (tertiary/aromatic N) is 1. The van der Waals surface area contributed by atoms with Gasteiger partial charge in [-0.15, -0.1) is 0 Å². The number of carbonyl (C=O) groups is 1. The molecule has 0 aromatic rings. The van der Waals surface area contributed by atoms with Crippen LogP contribution in [-0.4, -0.2) is 99.5 Å². The van der Waals surface area contributed by atoms with E-state index in [9.17, 15) is 25.2 Å². The monoisotopic (exact) mass is 677 g/mol. The fraction of sp³-hybridized carbons (Fsp3) is 0.973. The summed E-state index contributed by atoms with van der Waals surface area (Å²) in [7, 11) is 0. The van der Waals surface area contributed by atoms with E-state index in [-0.39, 0.29) is 11.1 Å². The van der Waals surface area contributed by atoms with Crippen molar-refractivity contribution in [2.45, 2.75) is 193 Å². The zero-order valence-corrected chi connectivity index (χ0v) is 30.9. The van der Waals surface area contributed by atoms with Crippen LogP contribution in [0, 0.1) is 0 Å². The van der Waals surface area contributed by atoms with E-state index in [2.05, 4.69) is 13.8 Å². The quantitative estimate of drug-likeness (QED) is 0.0446. The first-order valence-corrected chi connectivity index (χ1v) is 20.5. The Morgan fingerprint density at radius 1 is 0.609 bits per heavy atom. The molecule has 1 rings (SSSR count). The van der Waals surface area contributed by atoms with Crippen LogP contribution < -0.4 is 0 Å². The third-order valence-electron chi connectivity index (χ3n) is 9.67. The van der Waals surface area contributed by atoms with E-state index in [4.69, 9.17) is 9.47 Å². The van der Waals surface area contributed by atoms with Gasteiger partial charge in [0.15, 0.2) is 6.10 Å². The lowest BCUT2D eigenvalue weighted by atomic mass is 9.96. The summed E-state index contributed by atoms with van der Waals surface area (Å²) in [6.07, 6.45) is 20.4. The molecular weight excluding hydrogens is 602 g/mol. The van der Waals surface area contributed by atoms with E-state index < -0.39 is 43.3 Å². The van der Waals surface area contributed by atoms with Gasteiger partial charge in [-0.3, -0.25) is 0 Å². The minimum Gasteiger partial charge on any atom is -0.420 e. The number of hydrogen-bond donors (Lipinski definition) is 4. The maximum Gasteiger partial charge on any atom is 0.518 e. The summed E-state index contributed by atoms with van der Waals surface area (Å²) in [5.74, 6) is 1.68. The lowest BCUT2D eigenvalue weighted by Gasteiger charge is -2.48. The molecule has 0 saturated carbocycles. The minimum atomic E-state index is -1.52. The van der Waals surface area contributed by atoms with Gasteiger partial charge in [-0.25, -0.2) is 0 Å². The normalized spacial score (nSPS) is 23.0. The van der Waals surface area contributed by atoms with Crippen LogP contribution in [-0.2, 0) is 9.47 Å². The molecule has 0 aliphatic carbocycles. The highest BCUT2D eigenvalue weighted by Gasteiger charge is 2.57. The number of ether oxygens (including phenoxy) is 2. The Kier molecular flexibility index (Phi) is 26.9. The van der Waals surface area contributed by atoms with Gasteiger partial charge in [0.1, 0.15) is 24.9 Å². The van der Waals surface area contributed by atoms with Gasteiger partial charge < -0.3 is 29.9 Å². The summed E-state index contributed by atoms with van der Waals surface area (Å²) in [5.41, 5.74) is 0. The zero-order valence-electron chi connectivity index (χ0n) is 30.1. The van der Waals surface area contributed by atoms with Crippen molar-refractivity contribution in [2.24, 2.45) is 0 Å². The van der Waals surface area contributed by atoms with Crippen molar-refractivity contribution in [3.8, 4) is 0 Å². The lowest BCUT2D eigenvalue weighted by Crippen LogP contribution is -2.72. The maximum absolute atomic E-state index is 13.7. The van der Waals surface area contributed by atoms with Gasteiger partial charge in [0, 0.05) is 5.75 Å². The highest BCUT2D eigenvalue weighted by atomic mass is 32.2. The van der Waals surface area contributed by atoms with E-state index >= 15 is 0 Å². The van der Waals surface area contributed by atoms with E-state index in [1.54, 1.807) is 18.7 Å². The van der Waals surface area contributed by atoms with Crippen molar-refractivity contribution < 1.29 is 39.2 Å². The summed E-state index contributed by atoms with van der Waals surface area (Å²) < 4.78 is 11.3. The minimum absolute atomic E-state index is 0.195. The van der Waals surface area contributed by atoms with Gasteiger partial charge in [0.05, 0.1) is 19.8 Å². The van der Waals surface area contributed by atoms with Crippen molar-refractivity contribution in [2.75, 3.05) is 37.8 Å². The molecule has 0 radical (unpaired) electrons. The third kappa shape index (κ3) is 17.3. The topological polar surface area (TPSA) is 116 Å². The number of amides is 1. The Balaban J connectivity index is 2.63. The van der Waals surface area contributed by atoms with Gasteiger partial charge >= 0.3 is 6.09 Å². The zero-order chi connectivity index (χ0) is 33.9. The number of quaternary nitrogens is 1. The second-order valence-electron chi connectivity index (χ2n) is 13.6. The molecule has 1 saturated heterocycles. The van der Waals surface area contributed by atoms with Crippen LogP contribution in [0.2, 0.25) is 0 Å². The number of aliphatic hydroxyl groups is 4. The first kappa shape index (κ1) is 43.6. The van der Waals surface area contributed by atoms with Crippen molar-refractivity contribution in [1.82, 2.24) is 0 Å². The highest BCUT2D eigenvalue weighted by Crippen LogP contribution is 2.32. The molecule has 1 fully saturated rings. The summed E-state index contributed by atoms with van der Waals surface area (Å²) in [6.45, 7) is 6.73. The van der Waals surface area contributed by atoms with Crippen LogP contribution in [0.4, 0.5) is 4.79 Å². The highest BCUT2D eigenvalue weighted by molar-refractivity contribution is 7.99. The molecule has 8 nitrogen and oxygen atoms in total. The lowest BCUT2D eigenvalue weighted by molar-refractivity contribution is -0.912. The van der Waals surface area contributed by atoms with Gasteiger partial charge in [-0.05, 0) is 31.9 Å². The molecule has 0 aromatic carbocycles. The van der Waals surface area contributed by atoms with Crippen LogP contribution in [0.1, 0.15) is 162 Å². The number of thioether (sulfide) groups is 1. The van der Waals surface area contributed by atoms with Crippen LogP contribution in [0.25, 0.3) is 0 Å². The maximum atomic E-state index is 13.7. The SMILES string of the molecule is CCCCCCCCCCCCCCCCCC[N+](CCSCCCCCCCC)(C(=O)OCC)C1O[C@H](CO)[C@@H](O)[C@H](O)[C@H]1O. The number of unbranched alkanes of at least 4 members (excludes halogenated alkanes) is 20. The molecule has 1 heterocycles. The standard InChI is InChI=1S/C37H74NO7S/c1-4-7-9-11-13-14-15-16-17-18-19-20-21-22-23-25-27-38(37(43)44-6-3,28-30-46-29-26-24-12-10-8-5-2)36-35(42)34(41)33(40)32(31-39)45-36/h32-36,39-42H,4-31H2,1-3H3/q+1/t32-,33-,34+,35-,36?,38?/m1/s1. The van der Waals surface area contributed by atoms with Gasteiger partial charge in [-0.2, -0.15) is 21.0 Å². The Hall–Kier alpha value is -0.420. The number of hydrogen-bond acceptors (Lipinski definition) is 8. The smallest absolute Gasteiger partial charge is 0.420 e. The Morgan fingerprint density at radius 2 is 1.07 bits per heavy atom. The molecule has 4 N–H and O–H groups in total. The molecule has 1 amide bonds. The Labute approximate surface area is 287 Å².